The summed E-state index contributed by atoms with van der Waals surface area (Å²) in [5.74, 6) is 0.853. The lowest BCUT2D eigenvalue weighted by atomic mass is 9.77. The maximum atomic E-state index is 12.6. The normalized spacial score (nSPS) is 26.6. The molecule has 1 aliphatic carbocycles. The minimum absolute atomic E-state index is 0.0936. The zero-order chi connectivity index (χ0) is 13.7. The standard InChI is InChI=1S/C15H28N2O2/c1-12(2)9-15(5-3-4-6-15)14(18)17-10-13-11-19-8-7-16-13/h12-13,16H,3-11H2,1-2H3,(H,17,18). The largest absolute Gasteiger partial charge is 0.378 e. The molecule has 1 unspecified atom stereocenters. The molecule has 2 rings (SSSR count). The summed E-state index contributed by atoms with van der Waals surface area (Å²) in [6, 6.07) is 0.273. The summed E-state index contributed by atoms with van der Waals surface area (Å²) in [5.41, 5.74) is -0.0936. The van der Waals surface area contributed by atoms with Crippen LogP contribution in [0, 0.1) is 11.3 Å². The maximum absolute atomic E-state index is 12.6. The van der Waals surface area contributed by atoms with E-state index in [1.165, 1.54) is 12.8 Å². The van der Waals surface area contributed by atoms with Crippen molar-refractivity contribution in [2.24, 2.45) is 11.3 Å². The highest BCUT2D eigenvalue weighted by atomic mass is 16.5. The molecule has 1 saturated heterocycles. The van der Waals surface area contributed by atoms with Crippen molar-refractivity contribution in [3.8, 4) is 0 Å². The fourth-order valence-corrected chi connectivity index (χ4v) is 3.51. The Labute approximate surface area is 116 Å². The number of rotatable bonds is 5. The number of morpholine rings is 1. The Morgan fingerprint density at radius 3 is 2.74 bits per heavy atom. The van der Waals surface area contributed by atoms with Crippen molar-refractivity contribution in [1.82, 2.24) is 10.6 Å². The monoisotopic (exact) mass is 268 g/mol. The Morgan fingerprint density at radius 1 is 1.42 bits per heavy atom. The first-order valence-electron chi connectivity index (χ1n) is 7.72. The number of nitrogens with one attached hydrogen (secondary N) is 2. The summed E-state index contributed by atoms with van der Waals surface area (Å²) in [6.45, 7) is 7.49. The highest BCUT2D eigenvalue weighted by Gasteiger charge is 2.41. The summed E-state index contributed by atoms with van der Waals surface area (Å²) in [5, 5.41) is 6.54. The smallest absolute Gasteiger partial charge is 0.226 e. The first-order chi connectivity index (χ1) is 9.12. The van der Waals surface area contributed by atoms with Gasteiger partial charge in [-0.05, 0) is 25.2 Å². The van der Waals surface area contributed by atoms with E-state index in [0.717, 1.165) is 32.4 Å². The molecule has 4 heteroatoms. The molecule has 1 heterocycles. The lowest BCUT2D eigenvalue weighted by Gasteiger charge is -2.31. The molecule has 1 aliphatic heterocycles. The molecule has 2 N–H and O–H groups in total. The molecule has 1 amide bonds. The van der Waals surface area contributed by atoms with Gasteiger partial charge >= 0.3 is 0 Å². The number of carbonyl (C=O) groups excluding carboxylic acids is 1. The first-order valence-corrected chi connectivity index (χ1v) is 7.72. The van der Waals surface area contributed by atoms with Crippen LogP contribution in [0.3, 0.4) is 0 Å². The predicted molar refractivity (Wildman–Crippen MR) is 76.0 cm³/mol. The molecule has 0 aromatic rings. The number of amides is 1. The van der Waals surface area contributed by atoms with Crippen LogP contribution in [0.5, 0.6) is 0 Å². The Morgan fingerprint density at radius 2 is 2.16 bits per heavy atom. The third-order valence-electron chi connectivity index (χ3n) is 4.35. The van der Waals surface area contributed by atoms with Gasteiger partial charge in [-0.25, -0.2) is 0 Å². The molecule has 0 aromatic heterocycles. The molecular formula is C15H28N2O2. The Balaban J connectivity index is 1.85. The topological polar surface area (TPSA) is 50.4 Å². The minimum Gasteiger partial charge on any atom is -0.378 e. The molecular weight excluding hydrogens is 240 g/mol. The van der Waals surface area contributed by atoms with Gasteiger partial charge in [-0.2, -0.15) is 0 Å². The van der Waals surface area contributed by atoms with Gasteiger partial charge in [-0.3, -0.25) is 4.79 Å². The molecule has 1 atom stereocenters. The van der Waals surface area contributed by atoms with Crippen LogP contribution in [0.2, 0.25) is 0 Å². The summed E-state index contributed by atoms with van der Waals surface area (Å²) < 4.78 is 5.42. The van der Waals surface area contributed by atoms with Crippen LogP contribution in [0.1, 0.15) is 46.0 Å². The van der Waals surface area contributed by atoms with E-state index in [9.17, 15) is 4.79 Å². The summed E-state index contributed by atoms with van der Waals surface area (Å²) in [6.07, 6.45) is 5.54. The molecule has 2 aliphatic rings. The van der Waals surface area contributed by atoms with Crippen LogP contribution in [0.15, 0.2) is 0 Å². The maximum Gasteiger partial charge on any atom is 0.226 e. The summed E-state index contributed by atoms with van der Waals surface area (Å²) in [7, 11) is 0. The van der Waals surface area contributed by atoms with Gasteiger partial charge in [0.2, 0.25) is 5.91 Å². The van der Waals surface area contributed by atoms with Crippen molar-refractivity contribution in [1.29, 1.82) is 0 Å². The van der Waals surface area contributed by atoms with Crippen molar-refractivity contribution in [3.05, 3.63) is 0 Å². The molecule has 0 spiro atoms. The van der Waals surface area contributed by atoms with E-state index in [2.05, 4.69) is 24.5 Å². The Kier molecular flexibility index (Phi) is 5.22. The second-order valence-corrected chi connectivity index (χ2v) is 6.52. The van der Waals surface area contributed by atoms with Gasteiger partial charge in [-0.1, -0.05) is 26.7 Å². The highest BCUT2D eigenvalue weighted by Crippen LogP contribution is 2.43. The highest BCUT2D eigenvalue weighted by molar-refractivity contribution is 5.83. The quantitative estimate of drug-likeness (QED) is 0.798. The van der Waals surface area contributed by atoms with E-state index >= 15 is 0 Å². The van der Waals surface area contributed by atoms with Crippen LogP contribution in [0.4, 0.5) is 0 Å². The van der Waals surface area contributed by atoms with Crippen LogP contribution >= 0.6 is 0 Å². The van der Waals surface area contributed by atoms with E-state index < -0.39 is 0 Å². The predicted octanol–water partition coefficient (Wildman–Crippen LogP) is 1.70. The molecule has 0 aromatic carbocycles. The minimum atomic E-state index is -0.0936. The van der Waals surface area contributed by atoms with E-state index in [-0.39, 0.29) is 17.4 Å². The Bertz CT molecular complexity index is 293. The Hall–Kier alpha value is -0.610. The molecule has 2 fully saturated rings. The lowest BCUT2D eigenvalue weighted by molar-refractivity contribution is -0.132. The van der Waals surface area contributed by atoms with Gasteiger partial charge in [0.05, 0.1) is 13.2 Å². The van der Waals surface area contributed by atoms with E-state index in [0.29, 0.717) is 19.1 Å². The van der Waals surface area contributed by atoms with Gasteiger partial charge in [0.1, 0.15) is 0 Å². The lowest BCUT2D eigenvalue weighted by Crippen LogP contribution is -2.50. The second-order valence-electron chi connectivity index (χ2n) is 6.52. The summed E-state index contributed by atoms with van der Waals surface area (Å²) in [4.78, 5) is 12.6. The van der Waals surface area contributed by atoms with E-state index in [1.54, 1.807) is 0 Å². The summed E-state index contributed by atoms with van der Waals surface area (Å²) >= 11 is 0. The van der Waals surface area contributed by atoms with Crippen molar-refractivity contribution >= 4 is 5.91 Å². The van der Waals surface area contributed by atoms with Crippen molar-refractivity contribution in [2.45, 2.75) is 52.0 Å². The third kappa shape index (κ3) is 3.93. The molecule has 0 bridgehead atoms. The van der Waals surface area contributed by atoms with E-state index in [4.69, 9.17) is 4.74 Å². The van der Waals surface area contributed by atoms with Gasteiger partial charge in [-0.15, -0.1) is 0 Å². The average Bonchev–Trinajstić information content (AvgIpc) is 2.86. The number of hydrogen-bond donors (Lipinski definition) is 2. The van der Waals surface area contributed by atoms with Gasteiger partial charge in [0.25, 0.3) is 0 Å². The van der Waals surface area contributed by atoms with Crippen molar-refractivity contribution in [2.75, 3.05) is 26.3 Å². The van der Waals surface area contributed by atoms with Crippen LogP contribution in [-0.4, -0.2) is 38.3 Å². The zero-order valence-electron chi connectivity index (χ0n) is 12.3. The van der Waals surface area contributed by atoms with Gasteiger partial charge < -0.3 is 15.4 Å². The zero-order valence-corrected chi connectivity index (χ0v) is 12.3. The number of carbonyl (C=O) groups is 1. The molecule has 0 radical (unpaired) electrons. The van der Waals surface area contributed by atoms with E-state index in [1.807, 2.05) is 0 Å². The molecule has 19 heavy (non-hydrogen) atoms. The van der Waals surface area contributed by atoms with Crippen molar-refractivity contribution in [3.63, 3.8) is 0 Å². The molecule has 110 valence electrons. The van der Waals surface area contributed by atoms with Crippen molar-refractivity contribution < 1.29 is 9.53 Å². The molecule has 4 nitrogen and oxygen atoms in total. The average molecular weight is 268 g/mol. The second kappa shape index (κ2) is 6.71. The van der Waals surface area contributed by atoms with Gasteiger partial charge in [0.15, 0.2) is 0 Å². The fraction of sp³-hybridized carbons (Fsp3) is 0.933. The first kappa shape index (κ1) is 14.8. The third-order valence-corrected chi connectivity index (χ3v) is 4.35. The SMILES string of the molecule is CC(C)CC1(C(=O)NCC2COCCN2)CCCC1. The number of ether oxygens (including phenoxy) is 1. The number of hydrogen-bond acceptors (Lipinski definition) is 3. The molecule has 1 saturated carbocycles. The van der Waals surface area contributed by atoms with Gasteiger partial charge in [0, 0.05) is 24.5 Å². The fourth-order valence-electron chi connectivity index (χ4n) is 3.51. The van der Waals surface area contributed by atoms with Crippen LogP contribution < -0.4 is 10.6 Å². The van der Waals surface area contributed by atoms with Crippen LogP contribution in [-0.2, 0) is 9.53 Å². The van der Waals surface area contributed by atoms with Crippen LogP contribution in [0.25, 0.3) is 0 Å².